The summed E-state index contributed by atoms with van der Waals surface area (Å²) in [6.07, 6.45) is 43.9. The molecule has 0 aromatic heterocycles. The summed E-state index contributed by atoms with van der Waals surface area (Å²) < 4.78 is 32.1. The molecular formula is C59H106N2O12. The molecule has 0 aliphatic rings. The lowest BCUT2D eigenvalue weighted by molar-refractivity contribution is -0.151. The highest BCUT2D eigenvalue weighted by Gasteiger charge is 2.16. The van der Waals surface area contributed by atoms with E-state index in [2.05, 4.69) is 38.2 Å². The minimum atomic E-state index is -0.396. The number of carbonyl (C=O) groups is 6. The van der Waals surface area contributed by atoms with Crippen molar-refractivity contribution in [2.75, 3.05) is 33.1 Å². The van der Waals surface area contributed by atoms with Crippen LogP contribution in [0.2, 0.25) is 0 Å². The fourth-order valence-electron chi connectivity index (χ4n) is 8.34. The number of nitrogens with two attached hydrogens (primary N) is 2. The van der Waals surface area contributed by atoms with Gasteiger partial charge in [-0.1, -0.05) is 154 Å². The predicted octanol–water partition coefficient (Wildman–Crippen LogP) is 13.6. The van der Waals surface area contributed by atoms with Gasteiger partial charge in [0.25, 0.3) is 0 Å². The van der Waals surface area contributed by atoms with Crippen LogP contribution >= 0.6 is 0 Å². The standard InChI is InChI=1S/C59H106N2O12/c1-3-5-7-27-37-52(72-58(66)45-35-43-56(64)70-50-47-60)39-29-21-15-9-11-17-23-31-41-54(62)68-48-33-25-19-13-14-20-26-34-49-69-55(63)42-32-24-18-12-10-16-22-30-40-53(38-28-8-6-4-2)73-59(67)46-36-44-57(65)71-51-61/h21-22,29-30,52-53H,3-20,23-28,31-51,60-61H2,1-2H3/b29-21-,30-22-. The molecule has 0 saturated heterocycles. The first kappa shape index (κ1) is 69.2. The zero-order valence-electron chi connectivity index (χ0n) is 46.3. The van der Waals surface area contributed by atoms with Gasteiger partial charge >= 0.3 is 35.8 Å². The maximum absolute atomic E-state index is 12.4. The van der Waals surface area contributed by atoms with Crippen molar-refractivity contribution in [3.05, 3.63) is 24.3 Å². The van der Waals surface area contributed by atoms with Gasteiger partial charge in [0.05, 0.1) is 13.2 Å². The third kappa shape index (κ3) is 51.5. The maximum Gasteiger partial charge on any atom is 0.307 e. The number of hydrogen-bond acceptors (Lipinski definition) is 14. The summed E-state index contributed by atoms with van der Waals surface area (Å²) in [6, 6.07) is 0. The molecule has 0 spiro atoms. The van der Waals surface area contributed by atoms with Gasteiger partial charge < -0.3 is 34.2 Å². The molecule has 14 heteroatoms. The topological polar surface area (TPSA) is 210 Å². The fraction of sp³-hybridized carbons (Fsp3) is 0.831. The number of rotatable bonds is 54. The van der Waals surface area contributed by atoms with Crippen LogP contribution in [0, 0.1) is 0 Å². The Morgan fingerprint density at radius 3 is 1.07 bits per heavy atom. The molecule has 0 rings (SSSR count). The molecule has 73 heavy (non-hydrogen) atoms. The molecule has 2 unspecified atom stereocenters. The minimum Gasteiger partial charge on any atom is -0.466 e. The number of unbranched alkanes of at least 4 members (excludes halogenated alkanes) is 23. The number of carbonyl (C=O) groups excluding carboxylic acids is 6. The van der Waals surface area contributed by atoms with Crippen LogP contribution in [0.4, 0.5) is 0 Å². The van der Waals surface area contributed by atoms with Crippen LogP contribution in [0.1, 0.15) is 271 Å². The molecule has 2 atom stereocenters. The van der Waals surface area contributed by atoms with Crippen LogP contribution in [0.15, 0.2) is 24.3 Å². The van der Waals surface area contributed by atoms with Crippen molar-refractivity contribution in [1.82, 2.24) is 0 Å². The Morgan fingerprint density at radius 1 is 0.342 bits per heavy atom. The van der Waals surface area contributed by atoms with E-state index in [1.165, 1.54) is 25.7 Å². The molecule has 0 heterocycles. The van der Waals surface area contributed by atoms with Crippen LogP contribution in [-0.2, 0) is 57.2 Å². The quantitative estimate of drug-likeness (QED) is 0.0191. The average molecular weight is 1040 g/mol. The van der Waals surface area contributed by atoms with Gasteiger partial charge in [-0.05, 0) is 89.9 Å². The highest BCUT2D eigenvalue weighted by Crippen LogP contribution is 2.18. The number of esters is 6. The van der Waals surface area contributed by atoms with E-state index in [-0.39, 0.29) is 81.1 Å². The summed E-state index contributed by atoms with van der Waals surface area (Å²) in [4.78, 5) is 72.3. The van der Waals surface area contributed by atoms with E-state index in [1.54, 1.807) is 0 Å². The highest BCUT2D eigenvalue weighted by atomic mass is 16.6. The van der Waals surface area contributed by atoms with E-state index >= 15 is 0 Å². The lowest BCUT2D eigenvalue weighted by atomic mass is 10.1. The van der Waals surface area contributed by atoms with E-state index in [4.69, 9.17) is 39.9 Å². The summed E-state index contributed by atoms with van der Waals surface area (Å²) in [5, 5.41) is 0. The van der Waals surface area contributed by atoms with Gasteiger partial charge in [0.15, 0.2) is 0 Å². The van der Waals surface area contributed by atoms with E-state index in [9.17, 15) is 28.8 Å². The van der Waals surface area contributed by atoms with Crippen molar-refractivity contribution < 1.29 is 57.2 Å². The zero-order chi connectivity index (χ0) is 53.5. The van der Waals surface area contributed by atoms with E-state index in [1.807, 2.05) is 0 Å². The molecule has 424 valence electrons. The molecule has 0 amide bonds. The van der Waals surface area contributed by atoms with Gasteiger partial charge in [0, 0.05) is 57.9 Å². The Kier molecular flexibility index (Phi) is 51.7. The van der Waals surface area contributed by atoms with Crippen LogP contribution in [-0.4, -0.2) is 81.1 Å². The molecule has 4 N–H and O–H groups in total. The Bertz CT molecular complexity index is 1410. The Hall–Kier alpha value is -3.78. The lowest BCUT2D eigenvalue weighted by Gasteiger charge is -2.16. The largest absolute Gasteiger partial charge is 0.466 e. The third-order valence-electron chi connectivity index (χ3n) is 12.7. The van der Waals surface area contributed by atoms with Gasteiger partial charge in [0.1, 0.15) is 25.5 Å². The molecule has 0 aliphatic heterocycles. The molecule has 0 fully saturated rings. The van der Waals surface area contributed by atoms with Crippen LogP contribution < -0.4 is 11.5 Å². The normalized spacial score (nSPS) is 12.2. The van der Waals surface area contributed by atoms with Gasteiger partial charge in [-0.25, -0.2) is 0 Å². The molecule has 0 radical (unpaired) electrons. The van der Waals surface area contributed by atoms with Crippen molar-refractivity contribution in [2.45, 2.75) is 283 Å². The lowest BCUT2D eigenvalue weighted by Crippen LogP contribution is -2.18. The summed E-state index contributed by atoms with van der Waals surface area (Å²) in [5.41, 5.74) is 10.6. The SMILES string of the molecule is CCCCCCC(C/C=C\CCCCCCCC(=O)OCCCCCCCCCCOC(=O)CCCCCCC/C=C\CC(CCCCCC)OC(=O)CCCC(=O)OCCN)OC(=O)CCCC(=O)OCN. The van der Waals surface area contributed by atoms with E-state index in [0.29, 0.717) is 58.3 Å². The Morgan fingerprint density at radius 2 is 0.671 bits per heavy atom. The average Bonchev–Trinajstić information content (AvgIpc) is 3.37. The fourth-order valence-corrected chi connectivity index (χ4v) is 8.34. The summed E-state index contributed by atoms with van der Waals surface area (Å²) in [5.74, 6) is -1.44. The van der Waals surface area contributed by atoms with Crippen molar-refractivity contribution >= 4 is 35.8 Å². The first-order valence-corrected chi connectivity index (χ1v) is 29.4. The molecule has 0 saturated carbocycles. The number of hydrogen-bond donors (Lipinski definition) is 2. The second kappa shape index (κ2) is 54.5. The van der Waals surface area contributed by atoms with Crippen molar-refractivity contribution in [3.8, 4) is 0 Å². The molecule has 0 aromatic carbocycles. The van der Waals surface area contributed by atoms with Crippen LogP contribution in [0.3, 0.4) is 0 Å². The van der Waals surface area contributed by atoms with Crippen LogP contribution in [0.25, 0.3) is 0 Å². The first-order chi connectivity index (χ1) is 35.6. The van der Waals surface area contributed by atoms with Crippen molar-refractivity contribution in [2.24, 2.45) is 11.5 Å². The number of allylic oxidation sites excluding steroid dienone is 2. The highest BCUT2D eigenvalue weighted by molar-refractivity contribution is 5.73. The monoisotopic (exact) mass is 1030 g/mol. The summed E-state index contributed by atoms with van der Waals surface area (Å²) in [6.45, 7) is 5.71. The van der Waals surface area contributed by atoms with Crippen LogP contribution in [0.5, 0.6) is 0 Å². The molecule has 14 nitrogen and oxygen atoms in total. The molecule has 0 aliphatic carbocycles. The molecule has 0 aromatic rings. The van der Waals surface area contributed by atoms with E-state index < -0.39 is 5.97 Å². The minimum absolute atomic E-state index is 0.0904. The van der Waals surface area contributed by atoms with Gasteiger partial charge in [-0.2, -0.15) is 0 Å². The Balaban J connectivity index is 3.79. The predicted molar refractivity (Wildman–Crippen MR) is 291 cm³/mol. The maximum atomic E-state index is 12.4. The Labute approximate surface area is 443 Å². The summed E-state index contributed by atoms with van der Waals surface area (Å²) >= 11 is 0. The van der Waals surface area contributed by atoms with Crippen molar-refractivity contribution in [1.29, 1.82) is 0 Å². The number of ether oxygens (including phenoxy) is 6. The molecule has 0 bridgehead atoms. The third-order valence-corrected chi connectivity index (χ3v) is 12.7. The van der Waals surface area contributed by atoms with Crippen molar-refractivity contribution in [3.63, 3.8) is 0 Å². The zero-order valence-corrected chi connectivity index (χ0v) is 46.3. The summed E-state index contributed by atoms with van der Waals surface area (Å²) in [7, 11) is 0. The van der Waals surface area contributed by atoms with Gasteiger partial charge in [-0.15, -0.1) is 0 Å². The first-order valence-electron chi connectivity index (χ1n) is 29.4. The second-order valence-corrected chi connectivity index (χ2v) is 19.6. The van der Waals surface area contributed by atoms with Gasteiger partial charge in [0.2, 0.25) is 0 Å². The van der Waals surface area contributed by atoms with E-state index in [0.717, 1.165) is 167 Å². The molecular weight excluding hydrogens is 929 g/mol. The second-order valence-electron chi connectivity index (χ2n) is 19.6. The smallest absolute Gasteiger partial charge is 0.307 e. The van der Waals surface area contributed by atoms with Gasteiger partial charge in [-0.3, -0.25) is 34.5 Å².